The van der Waals surface area contributed by atoms with Gasteiger partial charge in [0, 0.05) is 26.0 Å². The molecule has 0 atom stereocenters. The lowest BCUT2D eigenvalue weighted by Gasteiger charge is -2.28. The fourth-order valence-electron chi connectivity index (χ4n) is 1.42. The summed E-state index contributed by atoms with van der Waals surface area (Å²) in [6.07, 6.45) is 3.50. The van der Waals surface area contributed by atoms with Crippen LogP contribution in [0.15, 0.2) is 24.5 Å². The van der Waals surface area contributed by atoms with Crippen LogP contribution in [-0.4, -0.2) is 35.4 Å². The van der Waals surface area contributed by atoms with Gasteiger partial charge in [0.2, 0.25) is 5.91 Å². The lowest BCUT2D eigenvalue weighted by molar-refractivity contribution is -0.136. The predicted octanol–water partition coefficient (Wildman–Crippen LogP) is 1.04. The van der Waals surface area contributed by atoms with Gasteiger partial charge in [0.15, 0.2) is 0 Å². The number of pyridine rings is 1. The molecule has 4 nitrogen and oxygen atoms in total. The molecule has 0 unspecified atom stereocenters. The number of carbonyl (C=O) groups excluding carboxylic acids is 1. The third-order valence-electron chi connectivity index (χ3n) is 2.65. The molecule has 0 spiro atoms. The summed E-state index contributed by atoms with van der Waals surface area (Å²) in [4.78, 5) is 17.8. The molecule has 4 heteroatoms. The molecule has 1 heterocycles. The van der Waals surface area contributed by atoms with Crippen LogP contribution >= 0.6 is 0 Å². The standard InChI is InChI=1S/C12H19N3O/c1-12(2,13-3)11(16)15(4)9-10-6-5-7-14-8-10/h5-8,13H,9H2,1-4H3. The lowest BCUT2D eigenvalue weighted by atomic mass is 10.0. The molecule has 0 aliphatic rings. The molecule has 0 bridgehead atoms. The number of rotatable bonds is 4. The highest BCUT2D eigenvalue weighted by Crippen LogP contribution is 2.09. The quantitative estimate of drug-likeness (QED) is 0.826. The predicted molar refractivity (Wildman–Crippen MR) is 63.8 cm³/mol. The van der Waals surface area contributed by atoms with Crippen LogP contribution in [0.25, 0.3) is 0 Å². The Kier molecular flexibility index (Phi) is 4.01. The Hall–Kier alpha value is -1.42. The molecule has 88 valence electrons. The first kappa shape index (κ1) is 12.6. The van der Waals surface area contributed by atoms with Crippen molar-refractivity contribution in [2.75, 3.05) is 14.1 Å². The van der Waals surface area contributed by atoms with E-state index in [0.29, 0.717) is 6.54 Å². The summed E-state index contributed by atoms with van der Waals surface area (Å²) in [6, 6.07) is 3.83. The number of amides is 1. The molecule has 16 heavy (non-hydrogen) atoms. The van der Waals surface area contributed by atoms with E-state index in [2.05, 4.69) is 10.3 Å². The third kappa shape index (κ3) is 3.03. The summed E-state index contributed by atoms with van der Waals surface area (Å²) < 4.78 is 0. The summed E-state index contributed by atoms with van der Waals surface area (Å²) in [5, 5.41) is 3.00. The maximum absolute atomic E-state index is 12.0. The molecule has 0 saturated heterocycles. The van der Waals surface area contributed by atoms with E-state index in [9.17, 15) is 4.79 Å². The van der Waals surface area contributed by atoms with Crippen molar-refractivity contribution >= 4 is 5.91 Å². The first-order chi connectivity index (χ1) is 7.47. The molecule has 1 aromatic heterocycles. The van der Waals surface area contributed by atoms with Gasteiger partial charge in [0.1, 0.15) is 0 Å². The number of nitrogens with zero attached hydrogens (tertiary/aromatic N) is 2. The third-order valence-corrected chi connectivity index (χ3v) is 2.65. The molecule has 1 N–H and O–H groups in total. The van der Waals surface area contributed by atoms with Crippen LogP contribution < -0.4 is 5.32 Å². The Labute approximate surface area is 96.7 Å². The number of nitrogens with one attached hydrogen (secondary N) is 1. The lowest BCUT2D eigenvalue weighted by Crippen LogP contribution is -2.51. The van der Waals surface area contributed by atoms with E-state index < -0.39 is 5.54 Å². The SMILES string of the molecule is CNC(C)(C)C(=O)N(C)Cc1cccnc1. The van der Waals surface area contributed by atoms with Crippen molar-refractivity contribution in [3.63, 3.8) is 0 Å². The van der Waals surface area contributed by atoms with Crippen LogP contribution in [0.4, 0.5) is 0 Å². The number of aromatic nitrogens is 1. The summed E-state index contributed by atoms with van der Waals surface area (Å²) >= 11 is 0. The van der Waals surface area contributed by atoms with Gasteiger partial charge in [0.25, 0.3) is 0 Å². The highest BCUT2D eigenvalue weighted by molar-refractivity contribution is 5.85. The fraction of sp³-hybridized carbons (Fsp3) is 0.500. The van der Waals surface area contributed by atoms with Crippen LogP contribution in [0.3, 0.4) is 0 Å². The molecule has 1 rings (SSSR count). The molecule has 0 aliphatic heterocycles. The Bertz CT molecular complexity index is 349. The normalized spacial score (nSPS) is 11.2. The van der Waals surface area contributed by atoms with E-state index in [1.807, 2.05) is 26.0 Å². The van der Waals surface area contributed by atoms with Crippen LogP contribution in [0.2, 0.25) is 0 Å². The van der Waals surface area contributed by atoms with E-state index >= 15 is 0 Å². The molecular formula is C12H19N3O. The molecule has 0 saturated carbocycles. The van der Waals surface area contributed by atoms with Gasteiger partial charge in [-0.2, -0.15) is 0 Å². The summed E-state index contributed by atoms with van der Waals surface area (Å²) in [5.74, 6) is 0.0684. The van der Waals surface area contributed by atoms with Crippen molar-refractivity contribution in [3.8, 4) is 0 Å². The Morgan fingerprint density at radius 1 is 1.56 bits per heavy atom. The average molecular weight is 221 g/mol. The van der Waals surface area contributed by atoms with Gasteiger partial charge in [0.05, 0.1) is 5.54 Å². The van der Waals surface area contributed by atoms with E-state index in [-0.39, 0.29) is 5.91 Å². The van der Waals surface area contributed by atoms with Crippen molar-refractivity contribution in [3.05, 3.63) is 30.1 Å². The van der Waals surface area contributed by atoms with Crippen LogP contribution in [-0.2, 0) is 11.3 Å². The van der Waals surface area contributed by atoms with Gasteiger partial charge in [-0.3, -0.25) is 9.78 Å². The van der Waals surface area contributed by atoms with Gasteiger partial charge in [-0.25, -0.2) is 0 Å². The van der Waals surface area contributed by atoms with Crippen molar-refractivity contribution in [1.82, 2.24) is 15.2 Å². The van der Waals surface area contributed by atoms with Gasteiger partial charge in [-0.15, -0.1) is 0 Å². The smallest absolute Gasteiger partial charge is 0.242 e. The second-order valence-electron chi connectivity index (χ2n) is 4.40. The average Bonchev–Trinajstić information content (AvgIpc) is 2.29. The molecular weight excluding hydrogens is 202 g/mol. The Morgan fingerprint density at radius 3 is 2.75 bits per heavy atom. The van der Waals surface area contributed by atoms with Crippen molar-refractivity contribution < 1.29 is 4.79 Å². The topological polar surface area (TPSA) is 45.2 Å². The highest BCUT2D eigenvalue weighted by Gasteiger charge is 2.28. The number of likely N-dealkylation sites (N-methyl/N-ethyl adjacent to an activating group) is 2. The first-order valence-electron chi connectivity index (χ1n) is 5.31. The number of carbonyl (C=O) groups is 1. The minimum atomic E-state index is -0.531. The van der Waals surface area contributed by atoms with Crippen LogP contribution in [0.1, 0.15) is 19.4 Å². The fourth-order valence-corrected chi connectivity index (χ4v) is 1.42. The first-order valence-corrected chi connectivity index (χ1v) is 5.31. The Balaban J connectivity index is 2.66. The van der Waals surface area contributed by atoms with Crippen LogP contribution in [0.5, 0.6) is 0 Å². The summed E-state index contributed by atoms with van der Waals surface area (Å²) in [5.41, 5.74) is 0.502. The zero-order valence-corrected chi connectivity index (χ0v) is 10.3. The maximum Gasteiger partial charge on any atom is 0.242 e. The molecule has 0 fully saturated rings. The Morgan fingerprint density at radius 2 is 2.25 bits per heavy atom. The van der Waals surface area contributed by atoms with Crippen molar-refractivity contribution in [2.24, 2.45) is 0 Å². The van der Waals surface area contributed by atoms with Gasteiger partial charge < -0.3 is 10.2 Å². The number of hydrogen-bond acceptors (Lipinski definition) is 3. The second kappa shape index (κ2) is 5.07. The van der Waals surface area contributed by atoms with Crippen molar-refractivity contribution in [2.45, 2.75) is 25.9 Å². The molecule has 1 amide bonds. The van der Waals surface area contributed by atoms with Gasteiger partial charge in [-0.05, 0) is 32.5 Å². The van der Waals surface area contributed by atoms with Crippen LogP contribution in [0, 0.1) is 0 Å². The zero-order valence-electron chi connectivity index (χ0n) is 10.3. The van der Waals surface area contributed by atoms with E-state index in [0.717, 1.165) is 5.56 Å². The van der Waals surface area contributed by atoms with Gasteiger partial charge >= 0.3 is 0 Å². The second-order valence-corrected chi connectivity index (χ2v) is 4.40. The molecule has 0 radical (unpaired) electrons. The summed E-state index contributed by atoms with van der Waals surface area (Å²) in [6.45, 7) is 4.32. The minimum Gasteiger partial charge on any atom is -0.340 e. The van der Waals surface area contributed by atoms with Gasteiger partial charge in [-0.1, -0.05) is 6.07 Å². The van der Waals surface area contributed by atoms with E-state index in [1.165, 1.54) is 0 Å². The molecule has 0 aromatic carbocycles. The highest BCUT2D eigenvalue weighted by atomic mass is 16.2. The largest absolute Gasteiger partial charge is 0.340 e. The molecule has 1 aromatic rings. The van der Waals surface area contributed by atoms with E-state index in [1.54, 1.807) is 31.4 Å². The van der Waals surface area contributed by atoms with Crippen molar-refractivity contribution in [1.29, 1.82) is 0 Å². The monoisotopic (exact) mass is 221 g/mol. The zero-order chi connectivity index (χ0) is 12.2. The van der Waals surface area contributed by atoms with E-state index in [4.69, 9.17) is 0 Å². The molecule has 0 aliphatic carbocycles. The maximum atomic E-state index is 12.0. The minimum absolute atomic E-state index is 0.0684. The summed E-state index contributed by atoms with van der Waals surface area (Å²) in [7, 11) is 3.59. The number of hydrogen-bond donors (Lipinski definition) is 1.